The average molecular weight is 355 g/mol. The Hall–Kier alpha value is -0.980. The monoisotopic (exact) mass is 354 g/mol. The minimum atomic E-state index is 0. The SMILES string of the molecule is C=CCN1CCN(C(c2nnnn2C2CCCC2)C(C)C)CC1.Cl. The van der Waals surface area contributed by atoms with Gasteiger partial charge < -0.3 is 0 Å². The summed E-state index contributed by atoms with van der Waals surface area (Å²) in [6.45, 7) is 13.8. The molecule has 1 aromatic rings. The fraction of sp³-hybridized carbons (Fsp3) is 0.824. The Labute approximate surface area is 151 Å². The number of tetrazole rings is 1. The lowest BCUT2D eigenvalue weighted by atomic mass is 10.00. The summed E-state index contributed by atoms with van der Waals surface area (Å²) in [6, 6.07) is 0.819. The van der Waals surface area contributed by atoms with Crippen LogP contribution in [0.5, 0.6) is 0 Å². The lowest BCUT2D eigenvalue weighted by molar-refractivity contribution is 0.0738. The molecular formula is C17H31ClN6. The molecule has 1 saturated heterocycles. The molecule has 6 nitrogen and oxygen atoms in total. The Morgan fingerprint density at radius 2 is 1.83 bits per heavy atom. The molecule has 0 N–H and O–H groups in total. The molecule has 2 aliphatic rings. The van der Waals surface area contributed by atoms with Gasteiger partial charge in [0, 0.05) is 32.7 Å². The van der Waals surface area contributed by atoms with E-state index >= 15 is 0 Å². The molecule has 0 spiro atoms. The number of rotatable bonds is 6. The van der Waals surface area contributed by atoms with E-state index in [1.54, 1.807) is 0 Å². The van der Waals surface area contributed by atoms with Crippen LogP contribution in [-0.2, 0) is 0 Å². The maximum Gasteiger partial charge on any atom is 0.168 e. The highest BCUT2D eigenvalue weighted by atomic mass is 35.5. The van der Waals surface area contributed by atoms with Crippen LogP contribution in [0.3, 0.4) is 0 Å². The lowest BCUT2D eigenvalue weighted by Gasteiger charge is -2.40. The molecule has 2 fully saturated rings. The van der Waals surface area contributed by atoms with E-state index in [0.29, 0.717) is 18.0 Å². The molecule has 1 saturated carbocycles. The van der Waals surface area contributed by atoms with Gasteiger partial charge in [0.05, 0.1) is 12.1 Å². The summed E-state index contributed by atoms with van der Waals surface area (Å²) < 4.78 is 2.13. The van der Waals surface area contributed by atoms with Crippen LogP contribution >= 0.6 is 12.4 Å². The molecule has 136 valence electrons. The molecule has 7 heteroatoms. The van der Waals surface area contributed by atoms with Crippen molar-refractivity contribution in [1.29, 1.82) is 0 Å². The quantitative estimate of drug-likeness (QED) is 0.735. The van der Waals surface area contributed by atoms with E-state index in [2.05, 4.69) is 50.4 Å². The summed E-state index contributed by atoms with van der Waals surface area (Å²) in [6.07, 6.45) is 7.04. The van der Waals surface area contributed by atoms with Crippen LogP contribution < -0.4 is 0 Å². The van der Waals surface area contributed by atoms with Crippen molar-refractivity contribution < 1.29 is 0 Å². The first-order valence-corrected chi connectivity index (χ1v) is 9.05. The molecule has 24 heavy (non-hydrogen) atoms. The van der Waals surface area contributed by atoms with Gasteiger partial charge in [-0.05, 0) is 29.2 Å². The predicted molar refractivity (Wildman–Crippen MR) is 98.4 cm³/mol. The number of hydrogen-bond donors (Lipinski definition) is 0. The zero-order chi connectivity index (χ0) is 16.2. The summed E-state index contributed by atoms with van der Waals surface area (Å²) in [5.74, 6) is 1.58. The number of nitrogens with zero attached hydrogens (tertiary/aromatic N) is 6. The number of hydrogen-bond acceptors (Lipinski definition) is 5. The van der Waals surface area contributed by atoms with Crippen LogP contribution in [0.2, 0.25) is 0 Å². The van der Waals surface area contributed by atoms with E-state index in [1.165, 1.54) is 25.7 Å². The molecule has 0 aromatic carbocycles. The third-order valence-corrected chi connectivity index (χ3v) is 5.27. The molecule has 1 aliphatic heterocycles. The Morgan fingerprint density at radius 3 is 2.42 bits per heavy atom. The minimum Gasteiger partial charge on any atom is -0.297 e. The normalized spacial score (nSPS) is 21.8. The van der Waals surface area contributed by atoms with Crippen molar-refractivity contribution in [1.82, 2.24) is 30.0 Å². The standard InChI is InChI=1S/C17H30N6.ClH/c1-4-9-21-10-12-22(13-11-21)16(14(2)3)17-18-19-20-23(17)15-7-5-6-8-15;/h4,14-16H,1,5-13H2,2-3H3;1H. The Morgan fingerprint density at radius 1 is 1.17 bits per heavy atom. The Balaban J connectivity index is 0.00000208. The van der Waals surface area contributed by atoms with Crippen molar-refractivity contribution in [2.45, 2.75) is 51.6 Å². The first kappa shape index (κ1) is 19.3. The van der Waals surface area contributed by atoms with E-state index in [1.807, 2.05) is 6.08 Å². The molecule has 0 radical (unpaired) electrons. The van der Waals surface area contributed by atoms with Crippen molar-refractivity contribution in [3.8, 4) is 0 Å². The van der Waals surface area contributed by atoms with E-state index in [4.69, 9.17) is 0 Å². The fourth-order valence-corrected chi connectivity index (χ4v) is 4.09. The second kappa shape index (κ2) is 8.92. The summed E-state index contributed by atoms with van der Waals surface area (Å²) in [5, 5.41) is 12.8. The van der Waals surface area contributed by atoms with Crippen molar-refractivity contribution in [2.24, 2.45) is 5.92 Å². The summed E-state index contributed by atoms with van der Waals surface area (Å²) in [5.41, 5.74) is 0. The maximum atomic E-state index is 4.44. The second-order valence-electron chi connectivity index (χ2n) is 7.23. The molecule has 1 unspecified atom stereocenters. The Kier molecular flexibility index (Phi) is 7.19. The zero-order valence-corrected chi connectivity index (χ0v) is 15.8. The van der Waals surface area contributed by atoms with E-state index < -0.39 is 0 Å². The fourth-order valence-electron chi connectivity index (χ4n) is 4.09. The minimum absolute atomic E-state index is 0. The summed E-state index contributed by atoms with van der Waals surface area (Å²) >= 11 is 0. The molecule has 0 amide bonds. The molecule has 1 atom stereocenters. The third-order valence-electron chi connectivity index (χ3n) is 5.27. The van der Waals surface area contributed by atoms with Gasteiger partial charge in [-0.2, -0.15) is 0 Å². The van der Waals surface area contributed by atoms with Gasteiger partial charge in [0.1, 0.15) is 0 Å². The maximum absolute atomic E-state index is 4.44. The number of piperazine rings is 1. The van der Waals surface area contributed by atoms with Crippen molar-refractivity contribution >= 4 is 12.4 Å². The Bertz CT molecular complexity index is 503. The molecule has 2 heterocycles. The van der Waals surface area contributed by atoms with Crippen molar-refractivity contribution in [3.63, 3.8) is 0 Å². The first-order valence-electron chi connectivity index (χ1n) is 9.05. The molecule has 1 aliphatic carbocycles. The van der Waals surface area contributed by atoms with Gasteiger partial charge in [-0.25, -0.2) is 4.68 Å². The van der Waals surface area contributed by atoms with Crippen molar-refractivity contribution in [3.05, 3.63) is 18.5 Å². The van der Waals surface area contributed by atoms with E-state index in [-0.39, 0.29) is 12.4 Å². The molecule has 1 aromatic heterocycles. The first-order chi connectivity index (χ1) is 11.2. The van der Waals surface area contributed by atoms with Crippen LogP contribution in [-0.4, -0.2) is 62.7 Å². The summed E-state index contributed by atoms with van der Waals surface area (Å²) in [4.78, 5) is 5.03. The average Bonchev–Trinajstić information content (AvgIpc) is 3.20. The van der Waals surface area contributed by atoms with E-state index in [9.17, 15) is 0 Å². The van der Waals surface area contributed by atoms with Gasteiger partial charge in [0.15, 0.2) is 5.82 Å². The number of halogens is 1. The highest BCUT2D eigenvalue weighted by Gasteiger charge is 2.33. The molecule has 3 rings (SSSR count). The van der Waals surface area contributed by atoms with Crippen LogP contribution in [0.1, 0.15) is 57.4 Å². The molecule has 0 bridgehead atoms. The third kappa shape index (κ3) is 4.16. The van der Waals surface area contributed by atoms with Gasteiger partial charge in [0.2, 0.25) is 0 Å². The van der Waals surface area contributed by atoms with Gasteiger partial charge in [0.25, 0.3) is 0 Å². The summed E-state index contributed by atoms with van der Waals surface area (Å²) in [7, 11) is 0. The predicted octanol–water partition coefficient (Wildman–Crippen LogP) is 2.71. The van der Waals surface area contributed by atoms with E-state index in [0.717, 1.165) is 38.5 Å². The largest absolute Gasteiger partial charge is 0.297 e. The highest BCUT2D eigenvalue weighted by molar-refractivity contribution is 5.85. The van der Waals surface area contributed by atoms with Gasteiger partial charge in [-0.1, -0.05) is 32.8 Å². The van der Waals surface area contributed by atoms with Crippen LogP contribution in [0.4, 0.5) is 0 Å². The van der Waals surface area contributed by atoms with Gasteiger partial charge >= 0.3 is 0 Å². The van der Waals surface area contributed by atoms with Gasteiger partial charge in [-0.15, -0.1) is 24.1 Å². The van der Waals surface area contributed by atoms with Crippen molar-refractivity contribution in [2.75, 3.05) is 32.7 Å². The van der Waals surface area contributed by atoms with Crippen LogP contribution in [0.15, 0.2) is 12.7 Å². The topological polar surface area (TPSA) is 50.1 Å². The zero-order valence-electron chi connectivity index (χ0n) is 15.0. The second-order valence-corrected chi connectivity index (χ2v) is 7.23. The van der Waals surface area contributed by atoms with Crippen LogP contribution in [0.25, 0.3) is 0 Å². The number of aromatic nitrogens is 4. The van der Waals surface area contributed by atoms with Gasteiger partial charge in [-0.3, -0.25) is 9.80 Å². The highest BCUT2D eigenvalue weighted by Crippen LogP contribution is 2.34. The smallest absolute Gasteiger partial charge is 0.168 e. The molecular weight excluding hydrogens is 324 g/mol. The lowest BCUT2D eigenvalue weighted by Crippen LogP contribution is -2.49. The van der Waals surface area contributed by atoms with Crippen LogP contribution in [0, 0.1) is 5.92 Å².